The summed E-state index contributed by atoms with van der Waals surface area (Å²) in [6, 6.07) is 27.0. The van der Waals surface area contributed by atoms with Gasteiger partial charge in [0.1, 0.15) is 21.5 Å². The second-order valence-electron chi connectivity index (χ2n) is 7.31. The molecule has 0 fully saturated rings. The van der Waals surface area contributed by atoms with Crippen molar-refractivity contribution >= 4 is 75.0 Å². The van der Waals surface area contributed by atoms with Gasteiger partial charge in [0.25, 0.3) is 0 Å². The number of hydrogen-bond acceptors (Lipinski definition) is 6. The fourth-order valence-electron chi connectivity index (χ4n) is 3.27. The van der Waals surface area contributed by atoms with E-state index in [9.17, 15) is 10.2 Å². The van der Waals surface area contributed by atoms with E-state index in [1.165, 1.54) is 9.40 Å². The largest absolute Gasteiger partial charge is 0.507 e. The molecule has 0 saturated heterocycles. The molecule has 0 unspecified atom stereocenters. The Hall–Kier alpha value is -2.78. The summed E-state index contributed by atoms with van der Waals surface area (Å²) in [4.78, 5) is 9.14. The molecule has 2 heterocycles. The number of aromatic nitrogens is 2. The molecule has 0 aliphatic heterocycles. The van der Waals surface area contributed by atoms with Crippen LogP contribution in [0.4, 0.5) is 0 Å². The van der Waals surface area contributed by atoms with Crippen LogP contribution in [0.5, 0.6) is 11.5 Å². The zero-order valence-corrected chi connectivity index (χ0v) is 22.2. The average molecular weight is 612 g/mol. The monoisotopic (exact) mass is 610 g/mol. The quantitative estimate of drug-likeness (QED) is 0.205. The van der Waals surface area contributed by atoms with Crippen LogP contribution in [0.2, 0.25) is 0 Å². The van der Waals surface area contributed by atoms with Crippen molar-refractivity contribution in [2.45, 2.75) is 0 Å². The number of para-hydroxylation sites is 2. The van der Waals surface area contributed by atoms with Gasteiger partial charge in [-0.15, -0.1) is 22.7 Å². The maximum absolute atomic E-state index is 9.47. The highest BCUT2D eigenvalue weighted by Gasteiger charge is 2.08. The fourth-order valence-corrected chi connectivity index (χ4v) is 5.95. The number of fused-ring (bicyclic) bond motifs is 2. The molecule has 2 N–H and O–H groups in total. The second-order valence-corrected chi connectivity index (χ2v) is 11.1. The molecule has 0 radical (unpaired) electrons. The van der Waals surface area contributed by atoms with Gasteiger partial charge in [-0.3, -0.25) is 0 Å². The van der Waals surface area contributed by atoms with E-state index in [2.05, 4.69) is 54.0 Å². The van der Waals surface area contributed by atoms with Crippen molar-refractivity contribution in [3.63, 3.8) is 0 Å². The van der Waals surface area contributed by atoms with Crippen LogP contribution in [-0.2, 0) is 0 Å². The minimum atomic E-state index is 0.245. The molecule has 6 aromatic rings. The number of thiazole rings is 2. The van der Waals surface area contributed by atoms with Gasteiger partial charge in [0.15, 0.2) is 0 Å². The number of halogens is 2. The number of aromatic hydroxyl groups is 2. The van der Waals surface area contributed by atoms with Crippen molar-refractivity contribution in [2.24, 2.45) is 0 Å². The van der Waals surface area contributed by atoms with Gasteiger partial charge in [-0.1, -0.05) is 24.3 Å². The smallest absolute Gasteiger partial charge is 0.129 e. The molecule has 0 atom stereocenters. The molecule has 34 heavy (non-hydrogen) atoms. The molecule has 168 valence electrons. The molecular formula is C26H16Br2N2O2S2. The molecule has 6 rings (SSSR count). The number of phenols is 2. The molecular weight excluding hydrogens is 596 g/mol. The van der Waals surface area contributed by atoms with Gasteiger partial charge in [-0.25, -0.2) is 9.97 Å². The maximum atomic E-state index is 9.47. The molecule has 2 aromatic heterocycles. The predicted octanol–water partition coefficient (Wildman–Crippen LogP) is 8.86. The Morgan fingerprint density at radius 1 is 0.559 bits per heavy atom. The molecule has 0 bridgehead atoms. The van der Waals surface area contributed by atoms with Crippen molar-refractivity contribution in [3.05, 3.63) is 93.9 Å². The Labute approximate surface area is 220 Å². The van der Waals surface area contributed by atoms with Crippen LogP contribution in [0, 0.1) is 0 Å². The zero-order valence-electron chi connectivity index (χ0n) is 17.4. The van der Waals surface area contributed by atoms with Crippen molar-refractivity contribution in [2.75, 3.05) is 0 Å². The second kappa shape index (κ2) is 9.84. The minimum Gasteiger partial charge on any atom is -0.507 e. The summed E-state index contributed by atoms with van der Waals surface area (Å²) in [5.41, 5.74) is 4.04. The van der Waals surface area contributed by atoms with Gasteiger partial charge >= 0.3 is 0 Å². The van der Waals surface area contributed by atoms with Gasteiger partial charge in [0, 0.05) is 11.1 Å². The number of rotatable bonds is 2. The van der Waals surface area contributed by atoms with Gasteiger partial charge in [-0.2, -0.15) is 0 Å². The van der Waals surface area contributed by atoms with Gasteiger partial charge < -0.3 is 10.2 Å². The lowest BCUT2D eigenvalue weighted by Gasteiger charge is -1.99. The molecule has 0 aliphatic carbocycles. The first-order chi connectivity index (χ1) is 16.5. The summed E-state index contributed by atoms with van der Waals surface area (Å²) >= 11 is 9.93. The molecule has 8 heteroatoms. The number of phenolic OH excluding ortho intramolecular Hbond substituents is 2. The first kappa shape index (κ1) is 23.0. The maximum Gasteiger partial charge on any atom is 0.129 e. The fraction of sp³-hybridized carbons (Fsp3) is 0. The topological polar surface area (TPSA) is 66.2 Å². The standard InChI is InChI=1S/2C13H8BrNOS/c2*14-9-7-8(5-6-11(9)16)13-15-10-3-1-2-4-12(10)17-13/h2*1-7,16H. The van der Waals surface area contributed by atoms with Crippen LogP contribution >= 0.6 is 54.5 Å². The van der Waals surface area contributed by atoms with Crippen molar-refractivity contribution < 1.29 is 10.2 Å². The van der Waals surface area contributed by atoms with Crippen LogP contribution in [0.1, 0.15) is 0 Å². The van der Waals surface area contributed by atoms with E-state index in [0.29, 0.717) is 8.95 Å². The van der Waals surface area contributed by atoms with Crippen molar-refractivity contribution in [3.8, 4) is 32.6 Å². The van der Waals surface area contributed by atoms with Crippen LogP contribution < -0.4 is 0 Å². The first-order valence-corrected chi connectivity index (χ1v) is 13.4. The third kappa shape index (κ3) is 4.86. The molecule has 0 amide bonds. The van der Waals surface area contributed by atoms with E-state index in [-0.39, 0.29) is 11.5 Å². The normalized spacial score (nSPS) is 10.9. The van der Waals surface area contributed by atoms with Crippen LogP contribution in [0.15, 0.2) is 93.9 Å². The van der Waals surface area contributed by atoms with Gasteiger partial charge in [-0.05, 0) is 92.5 Å². The Kier molecular flexibility index (Phi) is 6.65. The molecule has 0 spiro atoms. The summed E-state index contributed by atoms with van der Waals surface area (Å²) in [6.45, 7) is 0. The van der Waals surface area contributed by atoms with Gasteiger partial charge in [0.2, 0.25) is 0 Å². The van der Waals surface area contributed by atoms with E-state index in [1.807, 2.05) is 60.7 Å². The lowest BCUT2D eigenvalue weighted by Crippen LogP contribution is -1.76. The Balaban J connectivity index is 0.000000142. The van der Waals surface area contributed by atoms with E-state index in [1.54, 1.807) is 34.8 Å². The predicted molar refractivity (Wildman–Crippen MR) is 149 cm³/mol. The summed E-state index contributed by atoms with van der Waals surface area (Å²) in [7, 11) is 0. The van der Waals surface area contributed by atoms with Crippen LogP contribution in [-0.4, -0.2) is 20.2 Å². The zero-order chi connectivity index (χ0) is 23.7. The first-order valence-electron chi connectivity index (χ1n) is 10.2. The van der Waals surface area contributed by atoms with E-state index in [0.717, 1.165) is 32.2 Å². The third-order valence-corrected chi connectivity index (χ3v) is 8.42. The highest BCUT2D eigenvalue weighted by molar-refractivity contribution is 9.10. The Morgan fingerprint density at radius 2 is 0.971 bits per heavy atom. The molecule has 4 aromatic carbocycles. The highest BCUT2D eigenvalue weighted by Crippen LogP contribution is 2.35. The average Bonchev–Trinajstić information content (AvgIpc) is 3.47. The summed E-state index contributed by atoms with van der Waals surface area (Å²) in [5.74, 6) is 0.490. The highest BCUT2D eigenvalue weighted by atomic mass is 79.9. The summed E-state index contributed by atoms with van der Waals surface area (Å²) in [5, 5.41) is 20.9. The summed E-state index contributed by atoms with van der Waals surface area (Å²) in [6.07, 6.45) is 0. The van der Waals surface area contributed by atoms with Crippen molar-refractivity contribution in [1.82, 2.24) is 9.97 Å². The SMILES string of the molecule is Oc1ccc(-c2nc3ccccc3s2)cc1Br.Oc1ccc(-c2nc3ccccc3s2)cc1Br. The Morgan fingerprint density at radius 3 is 1.35 bits per heavy atom. The molecule has 0 saturated carbocycles. The lowest BCUT2D eigenvalue weighted by molar-refractivity contribution is 0.471. The van der Waals surface area contributed by atoms with Gasteiger partial charge in [0.05, 0.1) is 29.4 Å². The molecule has 0 aliphatic rings. The number of nitrogens with zero attached hydrogens (tertiary/aromatic N) is 2. The number of hydrogen-bond donors (Lipinski definition) is 2. The van der Waals surface area contributed by atoms with Crippen LogP contribution in [0.3, 0.4) is 0 Å². The third-order valence-electron chi connectivity index (χ3n) is 4.98. The summed E-state index contributed by atoms with van der Waals surface area (Å²) < 4.78 is 3.72. The minimum absolute atomic E-state index is 0.245. The lowest BCUT2D eigenvalue weighted by atomic mass is 10.2. The van der Waals surface area contributed by atoms with E-state index >= 15 is 0 Å². The Bertz CT molecular complexity index is 1440. The number of benzene rings is 4. The van der Waals surface area contributed by atoms with Crippen molar-refractivity contribution in [1.29, 1.82) is 0 Å². The molecule has 4 nitrogen and oxygen atoms in total. The van der Waals surface area contributed by atoms with E-state index in [4.69, 9.17) is 0 Å². The van der Waals surface area contributed by atoms with E-state index < -0.39 is 0 Å². The van der Waals surface area contributed by atoms with Crippen LogP contribution in [0.25, 0.3) is 41.6 Å².